The van der Waals surface area contributed by atoms with E-state index in [1.807, 2.05) is 0 Å². The predicted molar refractivity (Wildman–Crippen MR) is 80.9 cm³/mol. The lowest BCUT2D eigenvalue weighted by atomic mass is 10.0. The molecule has 4 nitrogen and oxygen atoms in total. The van der Waals surface area contributed by atoms with Crippen molar-refractivity contribution < 1.29 is 18.0 Å². The molecule has 0 saturated heterocycles. The summed E-state index contributed by atoms with van der Waals surface area (Å²) in [5.41, 5.74) is 1.96. The Hall–Kier alpha value is -2.44. The summed E-state index contributed by atoms with van der Waals surface area (Å²) in [7, 11) is 0. The van der Waals surface area contributed by atoms with E-state index >= 15 is 0 Å². The fourth-order valence-electron chi connectivity index (χ4n) is 2.75. The Labute approximate surface area is 137 Å². The minimum Gasteiger partial charge on any atom is -0.338 e. The van der Waals surface area contributed by atoms with Crippen LogP contribution in [0.1, 0.15) is 28.8 Å². The molecule has 0 aliphatic carbocycles. The van der Waals surface area contributed by atoms with E-state index in [4.69, 9.17) is 0 Å². The molecular weight excluding hydrogens is 319 g/mol. The van der Waals surface area contributed by atoms with E-state index in [2.05, 4.69) is 9.97 Å². The molecule has 2 aromatic rings. The van der Waals surface area contributed by atoms with Gasteiger partial charge in [0.1, 0.15) is 6.33 Å². The fourth-order valence-corrected chi connectivity index (χ4v) is 2.75. The Morgan fingerprint density at radius 3 is 2.67 bits per heavy atom. The third-order valence-electron chi connectivity index (χ3n) is 4.12. The Morgan fingerprint density at radius 2 is 1.96 bits per heavy atom. The summed E-state index contributed by atoms with van der Waals surface area (Å²) in [6, 6.07) is 4.95. The normalized spacial score (nSPS) is 14.4. The van der Waals surface area contributed by atoms with Crippen molar-refractivity contribution in [3.63, 3.8) is 0 Å². The monoisotopic (exact) mass is 335 g/mol. The van der Waals surface area contributed by atoms with Crippen molar-refractivity contribution in [3.05, 3.63) is 59.2 Å². The number of rotatable bonds is 3. The molecule has 2 heterocycles. The molecule has 1 amide bonds. The summed E-state index contributed by atoms with van der Waals surface area (Å²) in [4.78, 5) is 22.2. The zero-order valence-corrected chi connectivity index (χ0v) is 12.9. The molecule has 126 valence electrons. The highest BCUT2D eigenvalue weighted by atomic mass is 19.4. The van der Waals surface area contributed by atoms with Crippen LogP contribution in [0.4, 0.5) is 13.2 Å². The zero-order valence-electron chi connectivity index (χ0n) is 12.9. The molecule has 1 aliphatic heterocycles. The van der Waals surface area contributed by atoms with E-state index in [-0.39, 0.29) is 12.3 Å². The molecule has 1 aromatic carbocycles. The lowest BCUT2D eigenvalue weighted by Crippen LogP contribution is -2.36. The van der Waals surface area contributed by atoms with Crippen molar-refractivity contribution >= 4 is 5.91 Å². The minimum atomic E-state index is -4.34. The second-order valence-corrected chi connectivity index (χ2v) is 5.75. The topological polar surface area (TPSA) is 46.1 Å². The van der Waals surface area contributed by atoms with E-state index in [9.17, 15) is 18.0 Å². The van der Waals surface area contributed by atoms with E-state index in [1.54, 1.807) is 11.1 Å². The molecule has 1 aliphatic rings. The van der Waals surface area contributed by atoms with E-state index < -0.39 is 11.7 Å². The van der Waals surface area contributed by atoms with E-state index in [0.29, 0.717) is 25.9 Å². The van der Waals surface area contributed by atoms with Crippen LogP contribution >= 0.6 is 0 Å². The number of aromatic nitrogens is 2. The Bertz CT molecular complexity index is 729. The average molecular weight is 335 g/mol. The van der Waals surface area contributed by atoms with Gasteiger partial charge in [-0.2, -0.15) is 13.2 Å². The van der Waals surface area contributed by atoms with Gasteiger partial charge in [-0.15, -0.1) is 0 Å². The van der Waals surface area contributed by atoms with Crippen LogP contribution in [0.15, 0.2) is 36.8 Å². The molecule has 24 heavy (non-hydrogen) atoms. The van der Waals surface area contributed by atoms with Gasteiger partial charge < -0.3 is 4.90 Å². The second kappa shape index (κ2) is 6.59. The van der Waals surface area contributed by atoms with Gasteiger partial charge in [-0.1, -0.05) is 12.1 Å². The molecule has 0 N–H and O–H groups in total. The maximum Gasteiger partial charge on any atom is 0.416 e. The lowest BCUT2D eigenvalue weighted by molar-refractivity contribution is -0.137. The standard InChI is InChI=1S/C17H16F3N3O/c18-17(19,20)14-4-1-12(2-5-14)3-6-16(24)23-8-7-15-13(10-23)9-21-11-22-15/h1-2,4-5,9,11H,3,6-8,10H2. The second-order valence-electron chi connectivity index (χ2n) is 5.75. The van der Waals surface area contributed by atoms with Crippen molar-refractivity contribution in [3.8, 4) is 0 Å². The van der Waals surface area contributed by atoms with Gasteiger partial charge in [0, 0.05) is 37.7 Å². The fraction of sp³-hybridized carbons (Fsp3) is 0.353. The van der Waals surface area contributed by atoms with E-state index in [0.717, 1.165) is 29.0 Å². The highest BCUT2D eigenvalue weighted by Crippen LogP contribution is 2.29. The maximum atomic E-state index is 12.5. The van der Waals surface area contributed by atoms with Gasteiger partial charge in [-0.3, -0.25) is 4.79 Å². The summed E-state index contributed by atoms with van der Waals surface area (Å²) in [6.07, 6.45) is 0.278. The Kier molecular flexibility index (Phi) is 4.51. The summed E-state index contributed by atoms with van der Waals surface area (Å²) in [5.74, 6) is -0.00981. The number of halogens is 3. The van der Waals surface area contributed by atoms with Crippen molar-refractivity contribution in [1.29, 1.82) is 0 Å². The molecule has 0 radical (unpaired) electrons. The number of benzene rings is 1. The number of hydrogen-bond acceptors (Lipinski definition) is 3. The largest absolute Gasteiger partial charge is 0.416 e. The van der Waals surface area contributed by atoms with Crippen molar-refractivity contribution in [2.75, 3.05) is 6.54 Å². The molecule has 0 spiro atoms. The van der Waals surface area contributed by atoms with Crippen LogP contribution in [-0.4, -0.2) is 27.3 Å². The van der Waals surface area contributed by atoms with Crippen LogP contribution in [0.2, 0.25) is 0 Å². The van der Waals surface area contributed by atoms with Gasteiger partial charge in [-0.25, -0.2) is 9.97 Å². The Morgan fingerprint density at radius 1 is 1.21 bits per heavy atom. The van der Waals surface area contributed by atoms with E-state index in [1.165, 1.54) is 18.5 Å². The van der Waals surface area contributed by atoms with Crippen LogP contribution in [0, 0.1) is 0 Å². The van der Waals surface area contributed by atoms with Gasteiger partial charge in [0.25, 0.3) is 0 Å². The smallest absolute Gasteiger partial charge is 0.338 e. The number of alkyl halides is 3. The molecule has 0 fully saturated rings. The number of aryl methyl sites for hydroxylation is 1. The molecular formula is C17H16F3N3O. The first-order valence-corrected chi connectivity index (χ1v) is 7.65. The molecule has 3 rings (SSSR count). The summed E-state index contributed by atoms with van der Waals surface area (Å²) in [5, 5.41) is 0. The minimum absolute atomic E-state index is 0.00981. The quantitative estimate of drug-likeness (QED) is 0.866. The summed E-state index contributed by atoms with van der Waals surface area (Å²) in [6.45, 7) is 1.10. The van der Waals surface area contributed by atoms with Crippen LogP contribution < -0.4 is 0 Å². The third kappa shape index (κ3) is 3.72. The number of fused-ring (bicyclic) bond motifs is 1. The van der Waals surface area contributed by atoms with Crippen molar-refractivity contribution in [2.45, 2.75) is 32.0 Å². The van der Waals surface area contributed by atoms with Gasteiger partial charge in [0.2, 0.25) is 5.91 Å². The van der Waals surface area contributed by atoms with Crippen LogP contribution in [0.5, 0.6) is 0 Å². The van der Waals surface area contributed by atoms with Gasteiger partial charge in [0.15, 0.2) is 0 Å². The van der Waals surface area contributed by atoms with Gasteiger partial charge in [-0.05, 0) is 24.1 Å². The first-order valence-electron chi connectivity index (χ1n) is 7.65. The van der Waals surface area contributed by atoms with Gasteiger partial charge >= 0.3 is 6.18 Å². The lowest BCUT2D eigenvalue weighted by Gasteiger charge is -2.27. The molecule has 0 bridgehead atoms. The zero-order chi connectivity index (χ0) is 17.2. The predicted octanol–water partition coefficient (Wildman–Crippen LogP) is 3.01. The number of carbonyl (C=O) groups is 1. The molecule has 1 aromatic heterocycles. The molecule has 7 heteroatoms. The molecule has 0 unspecified atom stereocenters. The number of nitrogens with zero attached hydrogens (tertiary/aromatic N) is 3. The van der Waals surface area contributed by atoms with Gasteiger partial charge in [0.05, 0.1) is 11.3 Å². The third-order valence-corrected chi connectivity index (χ3v) is 4.12. The number of hydrogen-bond donors (Lipinski definition) is 0. The summed E-state index contributed by atoms with van der Waals surface area (Å²) < 4.78 is 37.6. The van der Waals surface area contributed by atoms with Crippen molar-refractivity contribution in [2.24, 2.45) is 0 Å². The maximum absolute atomic E-state index is 12.5. The first kappa shape index (κ1) is 16.4. The van der Waals surface area contributed by atoms with Crippen LogP contribution in [-0.2, 0) is 30.4 Å². The van der Waals surface area contributed by atoms with Crippen molar-refractivity contribution in [1.82, 2.24) is 14.9 Å². The highest BCUT2D eigenvalue weighted by Gasteiger charge is 2.30. The van der Waals surface area contributed by atoms with Crippen LogP contribution in [0.25, 0.3) is 0 Å². The molecule has 0 atom stereocenters. The number of amides is 1. The average Bonchev–Trinajstić information content (AvgIpc) is 2.59. The Balaban J connectivity index is 1.56. The van der Waals surface area contributed by atoms with Crippen LogP contribution in [0.3, 0.4) is 0 Å². The SMILES string of the molecule is O=C(CCc1ccc(C(F)(F)F)cc1)N1CCc2ncncc2C1. The highest BCUT2D eigenvalue weighted by molar-refractivity contribution is 5.76. The molecule has 0 saturated carbocycles. The first-order chi connectivity index (χ1) is 11.4. The summed E-state index contributed by atoms with van der Waals surface area (Å²) >= 11 is 0. The number of carbonyl (C=O) groups excluding carboxylic acids is 1.